The van der Waals surface area contributed by atoms with Gasteiger partial charge in [0.1, 0.15) is 5.65 Å². The molecule has 3 aromatic heterocycles. The quantitative estimate of drug-likeness (QED) is 0.772. The highest BCUT2D eigenvalue weighted by atomic mass is 32.1. The number of pyridine rings is 1. The second-order valence-corrected chi connectivity index (χ2v) is 5.76. The van der Waals surface area contributed by atoms with Crippen LogP contribution < -0.4 is 5.32 Å². The van der Waals surface area contributed by atoms with Crippen molar-refractivity contribution in [3.05, 3.63) is 41.2 Å². The van der Waals surface area contributed by atoms with Crippen molar-refractivity contribution in [1.29, 1.82) is 0 Å². The molecule has 6 nitrogen and oxygen atoms in total. The zero-order chi connectivity index (χ0) is 15.0. The van der Waals surface area contributed by atoms with Crippen LogP contribution in [0.5, 0.6) is 0 Å². The molecular formula is C14H14N4O2S. The zero-order valence-corrected chi connectivity index (χ0v) is 12.4. The van der Waals surface area contributed by atoms with Crippen LogP contribution in [-0.2, 0) is 0 Å². The van der Waals surface area contributed by atoms with Crippen LogP contribution in [0.4, 0.5) is 10.9 Å². The highest BCUT2D eigenvalue weighted by Crippen LogP contribution is 2.26. The molecule has 0 aliphatic heterocycles. The van der Waals surface area contributed by atoms with E-state index in [0.29, 0.717) is 22.5 Å². The molecule has 0 aliphatic carbocycles. The second kappa shape index (κ2) is 5.17. The Morgan fingerprint density at radius 1 is 1.38 bits per heavy atom. The van der Waals surface area contributed by atoms with Crippen LogP contribution in [-0.4, -0.2) is 25.4 Å². The SMILES string of the molecule is CC(C)c1csc(Nc2nc3ccccn3c2C(=O)O)n1. The summed E-state index contributed by atoms with van der Waals surface area (Å²) in [5, 5.41) is 15.0. The number of hydrogen-bond donors (Lipinski definition) is 2. The topological polar surface area (TPSA) is 79.5 Å². The van der Waals surface area contributed by atoms with Crippen molar-refractivity contribution in [1.82, 2.24) is 14.4 Å². The van der Waals surface area contributed by atoms with Gasteiger partial charge in [-0.25, -0.2) is 14.8 Å². The number of fused-ring (bicyclic) bond motifs is 1. The lowest BCUT2D eigenvalue weighted by molar-refractivity contribution is 0.0690. The Labute approximate surface area is 125 Å². The normalized spacial score (nSPS) is 11.2. The van der Waals surface area contributed by atoms with Crippen LogP contribution in [0.3, 0.4) is 0 Å². The van der Waals surface area contributed by atoms with E-state index in [1.54, 1.807) is 22.7 Å². The van der Waals surface area contributed by atoms with Gasteiger partial charge in [-0.3, -0.25) is 4.40 Å². The molecule has 21 heavy (non-hydrogen) atoms. The fraction of sp³-hybridized carbons (Fsp3) is 0.214. The number of hydrogen-bond acceptors (Lipinski definition) is 5. The number of anilines is 2. The monoisotopic (exact) mass is 302 g/mol. The number of imidazole rings is 1. The molecule has 3 aromatic rings. The Morgan fingerprint density at radius 2 is 2.19 bits per heavy atom. The van der Waals surface area contributed by atoms with Crippen LogP contribution in [0.2, 0.25) is 0 Å². The zero-order valence-electron chi connectivity index (χ0n) is 11.6. The average molecular weight is 302 g/mol. The summed E-state index contributed by atoms with van der Waals surface area (Å²) in [7, 11) is 0. The summed E-state index contributed by atoms with van der Waals surface area (Å²) in [6.07, 6.45) is 1.68. The molecule has 0 aromatic carbocycles. The Bertz CT molecular complexity index is 806. The van der Waals surface area contributed by atoms with Crippen molar-refractivity contribution in [2.45, 2.75) is 19.8 Å². The molecule has 108 valence electrons. The van der Waals surface area contributed by atoms with Crippen LogP contribution in [0.15, 0.2) is 29.8 Å². The molecule has 0 atom stereocenters. The molecule has 7 heteroatoms. The molecule has 0 spiro atoms. The largest absolute Gasteiger partial charge is 0.476 e. The Kier molecular flexibility index (Phi) is 3.34. The second-order valence-electron chi connectivity index (χ2n) is 4.90. The van der Waals surface area contributed by atoms with E-state index in [2.05, 4.69) is 29.1 Å². The van der Waals surface area contributed by atoms with Crippen molar-refractivity contribution in [3.63, 3.8) is 0 Å². The van der Waals surface area contributed by atoms with Crippen LogP contribution in [0.25, 0.3) is 5.65 Å². The number of carboxylic acids is 1. The summed E-state index contributed by atoms with van der Waals surface area (Å²) in [5.74, 6) is -0.396. The van der Waals surface area contributed by atoms with E-state index in [-0.39, 0.29) is 5.69 Å². The number of rotatable bonds is 4. The molecular weight excluding hydrogens is 288 g/mol. The van der Waals surface area contributed by atoms with Crippen molar-refractivity contribution < 1.29 is 9.90 Å². The highest BCUT2D eigenvalue weighted by Gasteiger charge is 2.19. The van der Waals surface area contributed by atoms with Gasteiger partial charge in [0.15, 0.2) is 16.6 Å². The maximum atomic E-state index is 11.5. The van der Waals surface area contributed by atoms with Gasteiger partial charge in [0.25, 0.3) is 0 Å². The molecule has 0 radical (unpaired) electrons. The van der Waals surface area contributed by atoms with Crippen molar-refractivity contribution in [2.24, 2.45) is 0 Å². The van der Waals surface area contributed by atoms with Crippen molar-refractivity contribution >= 4 is 33.9 Å². The third-order valence-electron chi connectivity index (χ3n) is 3.07. The minimum absolute atomic E-state index is 0.104. The first-order valence-corrected chi connectivity index (χ1v) is 7.37. The van der Waals surface area contributed by atoms with Gasteiger partial charge in [0.2, 0.25) is 0 Å². The molecule has 3 heterocycles. The lowest BCUT2D eigenvalue weighted by Gasteiger charge is -2.01. The first-order chi connectivity index (χ1) is 10.1. The summed E-state index contributed by atoms with van der Waals surface area (Å²) in [6, 6.07) is 5.35. The van der Waals surface area contributed by atoms with Gasteiger partial charge in [-0.05, 0) is 18.1 Å². The molecule has 3 rings (SSSR count). The van der Waals surface area contributed by atoms with E-state index in [1.807, 2.05) is 11.4 Å². The van der Waals surface area contributed by atoms with Crippen molar-refractivity contribution in [2.75, 3.05) is 5.32 Å². The van der Waals surface area contributed by atoms with Crippen molar-refractivity contribution in [3.8, 4) is 0 Å². The first-order valence-electron chi connectivity index (χ1n) is 6.49. The number of nitrogens with zero attached hydrogens (tertiary/aromatic N) is 3. The number of aromatic nitrogens is 3. The molecule has 0 fully saturated rings. The Hall–Kier alpha value is -2.41. The smallest absolute Gasteiger partial charge is 0.356 e. The van der Waals surface area contributed by atoms with Crippen LogP contribution in [0.1, 0.15) is 35.9 Å². The standard InChI is InChI=1S/C14H14N4O2S/c1-8(2)9-7-21-14(15-9)17-12-11(13(19)20)18-6-4-3-5-10(18)16-12/h3-8H,1-2H3,(H,15,17)(H,19,20). The lowest BCUT2D eigenvalue weighted by atomic mass is 10.2. The summed E-state index contributed by atoms with van der Waals surface area (Å²) in [5.41, 5.74) is 1.66. The van der Waals surface area contributed by atoms with E-state index in [0.717, 1.165) is 5.69 Å². The Balaban J connectivity index is 2.03. The summed E-state index contributed by atoms with van der Waals surface area (Å²) in [4.78, 5) is 20.2. The van der Waals surface area contributed by atoms with Gasteiger partial charge in [0, 0.05) is 11.6 Å². The summed E-state index contributed by atoms with van der Waals surface area (Å²) >= 11 is 1.44. The summed E-state index contributed by atoms with van der Waals surface area (Å²) in [6.45, 7) is 4.12. The third kappa shape index (κ3) is 2.47. The number of nitrogens with one attached hydrogen (secondary N) is 1. The van der Waals surface area contributed by atoms with E-state index in [1.165, 1.54) is 11.3 Å². The number of aromatic carboxylic acids is 1. The van der Waals surface area contributed by atoms with Gasteiger partial charge in [-0.15, -0.1) is 11.3 Å². The minimum atomic E-state index is -1.03. The maximum Gasteiger partial charge on any atom is 0.356 e. The molecule has 0 bridgehead atoms. The number of thiazole rings is 1. The van der Waals surface area contributed by atoms with E-state index in [9.17, 15) is 9.90 Å². The highest BCUT2D eigenvalue weighted by molar-refractivity contribution is 7.13. The predicted molar refractivity (Wildman–Crippen MR) is 81.6 cm³/mol. The first kappa shape index (κ1) is 13.6. The Morgan fingerprint density at radius 3 is 2.86 bits per heavy atom. The maximum absolute atomic E-state index is 11.5. The molecule has 2 N–H and O–H groups in total. The fourth-order valence-electron chi connectivity index (χ4n) is 2.00. The molecule has 0 aliphatic rings. The van der Waals surface area contributed by atoms with Gasteiger partial charge < -0.3 is 10.4 Å². The van der Waals surface area contributed by atoms with Gasteiger partial charge >= 0.3 is 5.97 Å². The lowest BCUT2D eigenvalue weighted by Crippen LogP contribution is -2.05. The molecule has 0 saturated heterocycles. The van der Waals surface area contributed by atoms with Gasteiger partial charge in [0.05, 0.1) is 5.69 Å². The van der Waals surface area contributed by atoms with Gasteiger partial charge in [-0.1, -0.05) is 19.9 Å². The van der Waals surface area contributed by atoms with E-state index in [4.69, 9.17) is 0 Å². The molecule has 0 unspecified atom stereocenters. The number of carbonyl (C=O) groups is 1. The van der Waals surface area contributed by atoms with Gasteiger partial charge in [-0.2, -0.15) is 0 Å². The fourth-order valence-corrected chi connectivity index (χ4v) is 2.87. The minimum Gasteiger partial charge on any atom is -0.476 e. The number of carboxylic acid groups (broad SMARTS) is 1. The molecule has 0 amide bonds. The summed E-state index contributed by atoms with van der Waals surface area (Å²) < 4.78 is 1.54. The van der Waals surface area contributed by atoms with E-state index >= 15 is 0 Å². The van der Waals surface area contributed by atoms with E-state index < -0.39 is 5.97 Å². The third-order valence-corrected chi connectivity index (χ3v) is 3.85. The van der Waals surface area contributed by atoms with Crippen LogP contribution in [0, 0.1) is 0 Å². The predicted octanol–water partition coefficient (Wildman–Crippen LogP) is 3.36. The van der Waals surface area contributed by atoms with Crippen LogP contribution >= 0.6 is 11.3 Å². The average Bonchev–Trinajstić information content (AvgIpc) is 3.02. The molecule has 0 saturated carbocycles.